The van der Waals surface area contributed by atoms with E-state index in [2.05, 4.69) is 15.9 Å². The molecule has 2 aromatic carbocycles. The number of rotatable bonds is 5. The Balaban J connectivity index is 2.28. The van der Waals surface area contributed by atoms with E-state index in [-0.39, 0.29) is 11.5 Å². The van der Waals surface area contributed by atoms with E-state index < -0.39 is 17.4 Å². The normalized spacial score (nSPS) is 13.5. The van der Waals surface area contributed by atoms with Crippen molar-refractivity contribution < 1.29 is 18.3 Å². The number of hydrogen-bond acceptors (Lipinski definition) is 5. The van der Waals surface area contributed by atoms with Gasteiger partial charge < -0.3 is 8.94 Å². The maximum absolute atomic E-state index is 13.4. The summed E-state index contributed by atoms with van der Waals surface area (Å²) in [7, 11) is -2.90. The number of hydrogen-bond donors (Lipinski definition) is 0. The molecule has 1 aromatic heterocycles. The number of nitrogens with zero attached hydrogens (tertiary/aromatic N) is 2. The van der Waals surface area contributed by atoms with Crippen molar-refractivity contribution in [1.29, 1.82) is 0 Å². The van der Waals surface area contributed by atoms with Crippen molar-refractivity contribution in [3.8, 4) is 5.75 Å². The van der Waals surface area contributed by atoms with E-state index in [0.29, 0.717) is 27.2 Å². The average molecular weight is 495 g/mol. The summed E-state index contributed by atoms with van der Waals surface area (Å²) in [6.07, 6.45) is 0. The highest BCUT2D eigenvalue weighted by atomic mass is 79.9. The molecular formula is C21H21BrFN2O4P. The van der Waals surface area contributed by atoms with Gasteiger partial charge in [0.25, 0.3) is 5.69 Å². The minimum Gasteiger partial charge on any atom is -0.457 e. The van der Waals surface area contributed by atoms with Crippen LogP contribution in [0.1, 0.15) is 26.5 Å². The lowest BCUT2D eigenvalue weighted by Gasteiger charge is -2.35. The van der Waals surface area contributed by atoms with Crippen molar-refractivity contribution in [2.75, 3.05) is 0 Å². The maximum atomic E-state index is 13.4. The first-order valence-electron chi connectivity index (χ1n) is 9.10. The Morgan fingerprint density at radius 2 is 1.80 bits per heavy atom. The van der Waals surface area contributed by atoms with Gasteiger partial charge in [-0.15, -0.1) is 0 Å². The van der Waals surface area contributed by atoms with E-state index in [1.165, 1.54) is 24.3 Å². The third-order valence-corrected chi connectivity index (χ3v) is 8.64. The standard InChI is InChI=1S/C21H21BrFN2O4P/c1-14-5-12-20(28-14)30(21(2,3)4,29-17-9-6-15(23)7-10-17)24-19-11-8-16(25(26)27)13-18(19)22/h5-13H,1-4H3. The van der Waals surface area contributed by atoms with Gasteiger partial charge in [0.1, 0.15) is 17.3 Å². The first-order chi connectivity index (χ1) is 14.0. The van der Waals surface area contributed by atoms with E-state index in [1.54, 1.807) is 18.2 Å². The minimum absolute atomic E-state index is 0.0474. The summed E-state index contributed by atoms with van der Waals surface area (Å²) in [4.78, 5) is 10.6. The summed E-state index contributed by atoms with van der Waals surface area (Å²) < 4.78 is 31.4. The maximum Gasteiger partial charge on any atom is 0.270 e. The second-order valence-electron chi connectivity index (χ2n) is 7.67. The molecule has 158 valence electrons. The lowest BCUT2D eigenvalue weighted by molar-refractivity contribution is -0.384. The molecule has 30 heavy (non-hydrogen) atoms. The van der Waals surface area contributed by atoms with Crippen molar-refractivity contribution >= 4 is 40.1 Å². The molecule has 6 nitrogen and oxygen atoms in total. The summed E-state index contributed by atoms with van der Waals surface area (Å²) in [5, 5.41) is 10.6. The van der Waals surface area contributed by atoms with Gasteiger partial charge in [0.15, 0.2) is 5.50 Å². The SMILES string of the molecule is Cc1ccc(P(=Nc2ccc([N+](=O)[O-])cc2Br)(Oc2ccc(F)cc2)C(C)(C)C)o1. The average Bonchev–Trinajstić information content (AvgIpc) is 3.10. The fourth-order valence-electron chi connectivity index (χ4n) is 2.81. The molecule has 1 heterocycles. The molecule has 0 N–H and O–H groups in total. The molecule has 9 heteroatoms. The number of nitro groups is 1. The number of halogens is 2. The van der Waals surface area contributed by atoms with Crippen LogP contribution in [-0.2, 0) is 0 Å². The third-order valence-electron chi connectivity index (χ3n) is 4.38. The van der Waals surface area contributed by atoms with Gasteiger partial charge in [-0.2, -0.15) is 0 Å². The fraction of sp³-hybridized carbons (Fsp3) is 0.238. The second-order valence-corrected chi connectivity index (χ2v) is 11.8. The van der Waals surface area contributed by atoms with Crippen LogP contribution in [0.3, 0.4) is 0 Å². The molecule has 0 spiro atoms. The first kappa shape index (κ1) is 22.2. The molecular weight excluding hydrogens is 474 g/mol. The van der Waals surface area contributed by atoms with Crippen LogP contribution in [0.2, 0.25) is 0 Å². The van der Waals surface area contributed by atoms with Crippen molar-refractivity contribution in [3.05, 3.63) is 80.8 Å². The Bertz CT molecular complexity index is 1140. The molecule has 0 bridgehead atoms. The number of benzene rings is 2. The molecule has 3 rings (SSSR count). The van der Waals surface area contributed by atoms with Gasteiger partial charge in [-0.3, -0.25) is 10.1 Å². The van der Waals surface area contributed by atoms with Crippen LogP contribution in [0.25, 0.3) is 0 Å². The molecule has 0 saturated heterocycles. The van der Waals surface area contributed by atoms with E-state index in [4.69, 9.17) is 13.7 Å². The van der Waals surface area contributed by atoms with Crippen LogP contribution < -0.4 is 10.0 Å². The summed E-state index contributed by atoms with van der Waals surface area (Å²) in [5.74, 6) is 0.792. The summed E-state index contributed by atoms with van der Waals surface area (Å²) in [5.41, 5.74) is 1.02. The van der Waals surface area contributed by atoms with Crippen LogP contribution in [0.15, 0.2) is 68.2 Å². The molecule has 0 aliphatic heterocycles. The topological polar surface area (TPSA) is 77.9 Å². The summed E-state index contributed by atoms with van der Waals surface area (Å²) in [6, 6.07) is 13.8. The van der Waals surface area contributed by atoms with Crippen LogP contribution in [0, 0.1) is 22.9 Å². The van der Waals surface area contributed by atoms with E-state index >= 15 is 0 Å². The van der Waals surface area contributed by atoms with Crippen molar-refractivity contribution in [1.82, 2.24) is 0 Å². The number of aryl methyl sites for hydroxylation is 1. The number of non-ortho nitro benzene ring substituents is 1. The molecule has 0 fully saturated rings. The van der Waals surface area contributed by atoms with Crippen LogP contribution in [-0.4, -0.2) is 10.1 Å². The molecule has 0 saturated carbocycles. The summed E-state index contributed by atoms with van der Waals surface area (Å²) >= 11 is 3.39. The first-order valence-corrected chi connectivity index (χ1v) is 11.6. The number of furan rings is 1. The Hall–Kier alpha value is -2.44. The fourth-order valence-corrected chi connectivity index (χ4v) is 6.31. The summed E-state index contributed by atoms with van der Waals surface area (Å²) in [6.45, 7) is 7.81. The zero-order chi connectivity index (χ0) is 22.1. The van der Waals surface area contributed by atoms with Crippen molar-refractivity contribution in [2.24, 2.45) is 4.74 Å². The smallest absolute Gasteiger partial charge is 0.270 e. The van der Waals surface area contributed by atoms with E-state index in [1.807, 2.05) is 39.8 Å². The van der Waals surface area contributed by atoms with Gasteiger partial charge >= 0.3 is 0 Å². The molecule has 0 aliphatic carbocycles. The molecule has 0 amide bonds. The van der Waals surface area contributed by atoms with Gasteiger partial charge in [-0.25, -0.2) is 9.14 Å². The van der Waals surface area contributed by atoms with Crippen molar-refractivity contribution in [3.63, 3.8) is 0 Å². The highest BCUT2D eigenvalue weighted by molar-refractivity contribution is 9.10. The molecule has 3 aromatic rings. The Kier molecular flexibility index (Phi) is 6.20. The lowest BCUT2D eigenvalue weighted by Crippen LogP contribution is -2.26. The Labute approximate surface area is 182 Å². The van der Waals surface area contributed by atoms with Crippen LogP contribution >= 0.6 is 23.2 Å². The molecule has 0 aliphatic rings. The van der Waals surface area contributed by atoms with Gasteiger partial charge in [0.2, 0.25) is 7.28 Å². The van der Waals surface area contributed by atoms with Gasteiger partial charge in [-0.05, 0) is 65.3 Å². The quantitative estimate of drug-likeness (QED) is 0.211. The second kappa shape index (κ2) is 8.36. The molecule has 0 radical (unpaired) electrons. The monoisotopic (exact) mass is 494 g/mol. The predicted molar refractivity (Wildman–Crippen MR) is 120 cm³/mol. The van der Waals surface area contributed by atoms with Gasteiger partial charge in [0, 0.05) is 17.3 Å². The van der Waals surface area contributed by atoms with Gasteiger partial charge in [0.05, 0.1) is 15.1 Å². The highest BCUT2D eigenvalue weighted by Crippen LogP contribution is 2.62. The molecule has 1 unspecified atom stereocenters. The minimum atomic E-state index is -2.90. The number of nitro benzene ring substituents is 1. The molecule has 1 atom stereocenters. The Morgan fingerprint density at radius 3 is 2.30 bits per heavy atom. The Morgan fingerprint density at radius 1 is 1.13 bits per heavy atom. The highest BCUT2D eigenvalue weighted by Gasteiger charge is 2.42. The van der Waals surface area contributed by atoms with Gasteiger partial charge in [-0.1, -0.05) is 20.8 Å². The van der Waals surface area contributed by atoms with E-state index in [9.17, 15) is 14.5 Å². The lowest BCUT2D eigenvalue weighted by atomic mass is 10.3. The van der Waals surface area contributed by atoms with Crippen LogP contribution in [0.4, 0.5) is 15.8 Å². The predicted octanol–water partition coefficient (Wildman–Crippen LogP) is 7.35. The zero-order valence-electron chi connectivity index (χ0n) is 16.9. The largest absolute Gasteiger partial charge is 0.457 e. The van der Waals surface area contributed by atoms with Crippen molar-refractivity contribution in [2.45, 2.75) is 32.9 Å². The van der Waals surface area contributed by atoms with E-state index in [0.717, 1.165) is 0 Å². The third kappa shape index (κ3) is 4.50. The van der Waals surface area contributed by atoms with Crippen LogP contribution in [0.5, 0.6) is 5.75 Å². The zero-order valence-corrected chi connectivity index (χ0v) is 19.4.